The fourth-order valence-electron chi connectivity index (χ4n) is 3.74. The highest BCUT2D eigenvalue weighted by molar-refractivity contribution is 7.73. The van der Waals surface area contributed by atoms with Gasteiger partial charge in [0, 0.05) is 22.4 Å². The number of carbonyl (C=O) groups is 2. The van der Waals surface area contributed by atoms with Crippen LogP contribution in [0.2, 0.25) is 5.02 Å². The number of halogens is 1. The van der Waals surface area contributed by atoms with Gasteiger partial charge in [0.1, 0.15) is 6.04 Å². The van der Waals surface area contributed by atoms with Gasteiger partial charge in [-0.25, -0.2) is 4.90 Å². The lowest BCUT2D eigenvalue weighted by Gasteiger charge is -2.16. The lowest BCUT2D eigenvalue weighted by atomic mass is 10.1. The predicted molar refractivity (Wildman–Crippen MR) is 125 cm³/mol. The first-order chi connectivity index (χ1) is 14.9. The molecule has 1 atom stereocenters. The largest absolute Gasteiger partial charge is 0.493 e. The van der Waals surface area contributed by atoms with Crippen LogP contribution in [0.5, 0.6) is 5.88 Å². The number of imide groups is 1. The van der Waals surface area contributed by atoms with Crippen molar-refractivity contribution in [1.29, 1.82) is 0 Å². The van der Waals surface area contributed by atoms with Crippen LogP contribution >= 0.6 is 35.2 Å². The topological polar surface area (TPSA) is 74.9 Å². The summed E-state index contributed by atoms with van der Waals surface area (Å²) in [6, 6.07) is 13.2. The second-order valence-electron chi connectivity index (χ2n) is 7.06. The zero-order valence-corrected chi connectivity index (χ0v) is 18.2. The summed E-state index contributed by atoms with van der Waals surface area (Å²) in [5.74, 6) is -0.936. The van der Waals surface area contributed by atoms with Crippen LogP contribution in [0.1, 0.15) is 22.9 Å². The average molecular weight is 468 g/mol. The molecule has 3 aromatic rings. The monoisotopic (exact) mass is 467 g/mol. The summed E-state index contributed by atoms with van der Waals surface area (Å²) >= 11 is 12.5. The first-order valence-electron chi connectivity index (χ1n) is 9.36. The summed E-state index contributed by atoms with van der Waals surface area (Å²) in [5, 5.41) is 11.4. The maximum absolute atomic E-state index is 13.1. The number of benzene rings is 2. The van der Waals surface area contributed by atoms with E-state index in [0.717, 1.165) is 21.7 Å². The van der Waals surface area contributed by atoms with Crippen LogP contribution in [0.4, 0.5) is 11.4 Å². The van der Waals surface area contributed by atoms with Crippen LogP contribution < -0.4 is 4.90 Å². The number of rotatable bonds is 3. The van der Waals surface area contributed by atoms with E-state index in [4.69, 9.17) is 23.8 Å². The number of allylic oxidation sites excluding steroid dienone is 1. The first kappa shape index (κ1) is 19.9. The maximum Gasteiger partial charge on any atom is 0.257 e. The molecule has 1 fully saturated rings. The highest BCUT2D eigenvalue weighted by Crippen LogP contribution is 2.39. The molecule has 9 heteroatoms. The molecule has 2 amide bonds. The summed E-state index contributed by atoms with van der Waals surface area (Å²) < 4.78 is 1.68. The van der Waals surface area contributed by atoms with Gasteiger partial charge in [-0.3, -0.25) is 19.1 Å². The van der Waals surface area contributed by atoms with Gasteiger partial charge in [0.15, 0.2) is 3.95 Å². The first-order valence-corrected chi connectivity index (χ1v) is 11.0. The molecule has 1 aromatic heterocycles. The zero-order chi connectivity index (χ0) is 21.7. The number of anilines is 1. The Morgan fingerprint density at radius 3 is 2.68 bits per heavy atom. The molecule has 0 aliphatic carbocycles. The Kier molecular flexibility index (Phi) is 4.85. The molecule has 3 heterocycles. The number of aromatic hydroxyl groups is 1. The van der Waals surface area contributed by atoms with Crippen LogP contribution in [0.25, 0.3) is 11.6 Å². The van der Waals surface area contributed by atoms with E-state index in [1.807, 2.05) is 24.3 Å². The van der Waals surface area contributed by atoms with Gasteiger partial charge in [0.05, 0.1) is 22.7 Å². The second kappa shape index (κ2) is 7.56. The molecule has 2 aromatic carbocycles. The molecule has 6 nitrogen and oxygen atoms in total. The minimum absolute atomic E-state index is 0.0830. The Morgan fingerprint density at radius 1 is 1.16 bits per heavy atom. The zero-order valence-electron chi connectivity index (χ0n) is 15.9. The standard InChI is InChI=1S/C22H14ClN3O3S2/c23-13-5-7-14(8-6-13)25-19(27)10-17(20(25)28)26-21(29)18(31-22(26)30)9-12-11-24-16-4-2-1-3-15(12)16/h1-9,11,17,29H,10H2/b12-9-. The highest BCUT2D eigenvalue weighted by atomic mass is 35.5. The van der Waals surface area contributed by atoms with Crippen molar-refractivity contribution in [3.05, 3.63) is 67.9 Å². The molecule has 31 heavy (non-hydrogen) atoms. The van der Waals surface area contributed by atoms with Crippen LogP contribution in [-0.4, -0.2) is 27.7 Å². The number of aliphatic imine (C=N–C) groups is 1. The molecule has 0 saturated carbocycles. The maximum atomic E-state index is 13.1. The van der Waals surface area contributed by atoms with Crippen molar-refractivity contribution in [2.75, 3.05) is 4.90 Å². The van der Waals surface area contributed by atoms with Crippen LogP contribution in [0.3, 0.4) is 0 Å². The molecule has 154 valence electrons. The number of hydrogen-bond acceptors (Lipinski definition) is 6. The summed E-state index contributed by atoms with van der Waals surface area (Å²) in [4.78, 5) is 31.7. The molecule has 0 radical (unpaired) electrons. The van der Waals surface area contributed by atoms with Gasteiger partial charge in [-0.05, 0) is 48.6 Å². The van der Waals surface area contributed by atoms with Gasteiger partial charge in [-0.15, -0.1) is 11.3 Å². The fraction of sp³-hybridized carbons (Fsp3) is 0.0909. The number of hydrogen-bond donors (Lipinski definition) is 1. The molecular weight excluding hydrogens is 454 g/mol. The van der Waals surface area contributed by atoms with Crippen LogP contribution in [0.15, 0.2) is 53.5 Å². The Hall–Kier alpha value is -3.07. The normalized spacial score (nSPS) is 18.9. The smallest absolute Gasteiger partial charge is 0.257 e. The quantitative estimate of drug-likeness (QED) is 0.413. The van der Waals surface area contributed by atoms with Crippen LogP contribution in [0, 0.1) is 3.95 Å². The van der Waals surface area contributed by atoms with Gasteiger partial charge < -0.3 is 5.11 Å². The molecule has 5 rings (SSSR count). The van der Waals surface area contributed by atoms with Gasteiger partial charge in [-0.1, -0.05) is 29.8 Å². The van der Waals surface area contributed by atoms with Gasteiger partial charge in [0.2, 0.25) is 11.8 Å². The van der Waals surface area contributed by atoms with E-state index < -0.39 is 11.9 Å². The highest BCUT2D eigenvalue weighted by Gasteiger charge is 2.42. The van der Waals surface area contributed by atoms with E-state index in [1.165, 1.54) is 15.9 Å². The van der Waals surface area contributed by atoms with E-state index in [1.54, 1.807) is 36.6 Å². The fourth-order valence-corrected chi connectivity index (χ4v) is 5.22. The minimum Gasteiger partial charge on any atom is -0.493 e. The van der Waals surface area contributed by atoms with Gasteiger partial charge >= 0.3 is 0 Å². The van der Waals surface area contributed by atoms with Crippen molar-refractivity contribution in [2.24, 2.45) is 4.99 Å². The molecular formula is C22H14ClN3O3S2. The molecule has 1 unspecified atom stereocenters. The molecule has 1 N–H and O–H groups in total. The minimum atomic E-state index is -0.899. The van der Waals surface area contributed by atoms with Crippen molar-refractivity contribution in [3.63, 3.8) is 0 Å². The third-order valence-corrected chi connectivity index (χ3v) is 6.80. The van der Waals surface area contributed by atoms with Gasteiger partial charge in [-0.2, -0.15) is 0 Å². The number of aromatic nitrogens is 1. The van der Waals surface area contributed by atoms with Crippen molar-refractivity contribution in [2.45, 2.75) is 12.5 Å². The molecule has 2 aliphatic rings. The predicted octanol–water partition coefficient (Wildman–Crippen LogP) is 5.40. The number of nitrogens with zero attached hydrogens (tertiary/aromatic N) is 3. The van der Waals surface area contributed by atoms with Crippen molar-refractivity contribution >= 4 is 76.2 Å². The summed E-state index contributed by atoms with van der Waals surface area (Å²) in [7, 11) is 0. The number of carbonyl (C=O) groups excluding carboxylic acids is 2. The third-order valence-electron chi connectivity index (χ3n) is 5.21. The summed E-state index contributed by atoms with van der Waals surface area (Å²) in [6.07, 6.45) is 3.43. The Balaban J connectivity index is 1.51. The molecule has 0 spiro atoms. The third kappa shape index (κ3) is 3.33. The number of thiazole rings is 1. The number of para-hydroxylation sites is 1. The van der Waals surface area contributed by atoms with Crippen LogP contribution in [-0.2, 0) is 9.59 Å². The Morgan fingerprint density at radius 2 is 1.90 bits per heavy atom. The van der Waals surface area contributed by atoms with Crippen molar-refractivity contribution in [3.8, 4) is 5.88 Å². The lowest BCUT2D eigenvalue weighted by molar-refractivity contribution is -0.122. The van der Waals surface area contributed by atoms with E-state index in [9.17, 15) is 14.7 Å². The molecule has 2 aliphatic heterocycles. The Labute approximate surface area is 191 Å². The van der Waals surface area contributed by atoms with E-state index in [2.05, 4.69) is 4.99 Å². The average Bonchev–Trinajstić information content (AvgIpc) is 3.38. The molecule has 0 bridgehead atoms. The summed E-state index contributed by atoms with van der Waals surface area (Å²) in [6.45, 7) is 0. The lowest BCUT2D eigenvalue weighted by Crippen LogP contribution is -2.31. The SMILES string of the molecule is O=C1CC(n2c(O)c(/C=C3/C=Nc4ccccc43)sc2=S)C(=O)N1c1ccc(Cl)cc1. The summed E-state index contributed by atoms with van der Waals surface area (Å²) in [5.41, 5.74) is 3.08. The molecule has 1 saturated heterocycles. The van der Waals surface area contributed by atoms with E-state index in [0.29, 0.717) is 19.5 Å². The van der Waals surface area contributed by atoms with E-state index >= 15 is 0 Å². The Bertz CT molecular complexity index is 1360. The van der Waals surface area contributed by atoms with E-state index in [-0.39, 0.29) is 18.2 Å². The number of amides is 2. The second-order valence-corrected chi connectivity index (χ2v) is 9.18. The number of fused-ring (bicyclic) bond motifs is 1. The van der Waals surface area contributed by atoms with Crippen molar-refractivity contribution in [1.82, 2.24) is 4.57 Å². The van der Waals surface area contributed by atoms with Gasteiger partial charge in [0.25, 0.3) is 5.91 Å². The van der Waals surface area contributed by atoms with Crippen molar-refractivity contribution < 1.29 is 14.7 Å².